The smallest absolute Gasteiger partial charge is 0.284 e. The number of carbonyl (C=O) groups is 1. The largest absolute Gasteiger partial charge is 0.363 e. The molecule has 1 aliphatic rings. The molecule has 1 saturated carbocycles. The van der Waals surface area contributed by atoms with Crippen molar-refractivity contribution < 1.29 is 4.79 Å². The molecule has 4 nitrogen and oxygen atoms in total. The van der Waals surface area contributed by atoms with E-state index >= 15 is 0 Å². The van der Waals surface area contributed by atoms with Gasteiger partial charge >= 0.3 is 0 Å². The van der Waals surface area contributed by atoms with Gasteiger partial charge < -0.3 is 10.3 Å². The average Bonchev–Trinajstić information content (AvgIpc) is 2.87. The van der Waals surface area contributed by atoms with Crippen molar-refractivity contribution >= 4 is 5.91 Å². The Kier molecular flexibility index (Phi) is 2.33. The summed E-state index contributed by atoms with van der Waals surface area (Å²) in [5, 5.41) is 0. The number of aromatic nitrogens is 2. The quantitative estimate of drug-likeness (QED) is 0.829. The van der Waals surface area contributed by atoms with Crippen molar-refractivity contribution in [3.8, 4) is 0 Å². The number of primary amides is 1. The highest BCUT2D eigenvalue weighted by molar-refractivity contribution is 5.89. The molecule has 0 atom stereocenters. The zero-order valence-electron chi connectivity index (χ0n) is 10.4. The van der Waals surface area contributed by atoms with Gasteiger partial charge in [0.2, 0.25) is 0 Å². The maximum Gasteiger partial charge on any atom is 0.284 e. The fraction of sp³-hybridized carbons (Fsp3) is 0.667. The lowest BCUT2D eigenvalue weighted by Crippen LogP contribution is -2.18. The third-order valence-corrected chi connectivity index (χ3v) is 2.99. The molecule has 2 N–H and O–H groups in total. The molecule has 0 bridgehead atoms. The lowest BCUT2D eigenvalue weighted by molar-refractivity contribution is 0.0985. The van der Waals surface area contributed by atoms with Crippen molar-refractivity contribution in [3.05, 3.63) is 17.2 Å². The predicted molar refractivity (Wildman–Crippen MR) is 62.5 cm³/mol. The van der Waals surface area contributed by atoms with Crippen LogP contribution in [-0.4, -0.2) is 15.5 Å². The molecule has 0 spiro atoms. The first kappa shape index (κ1) is 11.2. The van der Waals surface area contributed by atoms with Gasteiger partial charge in [0.05, 0.1) is 5.69 Å². The van der Waals surface area contributed by atoms with E-state index in [0.29, 0.717) is 11.9 Å². The van der Waals surface area contributed by atoms with E-state index in [2.05, 4.69) is 25.8 Å². The van der Waals surface area contributed by atoms with Crippen LogP contribution in [0.5, 0.6) is 0 Å². The maximum absolute atomic E-state index is 11.4. The Labute approximate surface area is 95.9 Å². The number of amides is 1. The molecule has 4 heteroatoms. The fourth-order valence-electron chi connectivity index (χ4n) is 2.18. The molecule has 2 rings (SSSR count). The first-order chi connectivity index (χ1) is 7.32. The Balaban J connectivity index is 2.58. The van der Waals surface area contributed by atoms with Crippen molar-refractivity contribution in [3.63, 3.8) is 0 Å². The minimum atomic E-state index is -0.425. The maximum atomic E-state index is 11.4. The Hall–Kier alpha value is -1.32. The van der Waals surface area contributed by atoms with Crippen LogP contribution in [0.25, 0.3) is 0 Å². The molecular formula is C12H19N3O. The molecule has 0 radical (unpaired) electrons. The molecular weight excluding hydrogens is 202 g/mol. The minimum absolute atomic E-state index is 0.0472. The van der Waals surface area contributed by atoms with E-state index < -0.39 is 5.91 Å². The summed E-state index contributed by atoms with van der Waals surface area (Å²) in [4.78, 5) is 15.8. The van der Waals surface area contributed by atoms with Gasteiger partial charge in [-0.25, -0.2) is 4.98 Å². The Morgan fingerprint density at radius 3 is 2.38 bits per heavy atom. The molecule has 88 valence electrons. The molecule has 1 fully saturated rings. The number of nitrogens with zero attached hydrogens (tertiary/aromatic N) is 2. The number of hydrogen-bond acceptors (Lipinski definition) is 2. The van der Waals surface area contributed by atoms with Gasteiger partial charge in [0, 0.05) is 17.2 Å². The molecule has 0 saturated heterocycles. The van der Waals surface area contributed by atoms with Crippen LogP contribution in [0.15, 0.2) is 0 Å². The van der Waals surface area contributed by atoms with Gasteiger partial charge in [-0.3, -0.25) is 4.79 Å². The van der Waals surface area contributed by atoms with Gasteiger partial charge in [0.15, 0.2) is 5.82 Å². The summed E-state index contributed by atoms with van der Waals surface area (Å²) in [7, 11) is 0. The number of nitrogens with two attached hydrogens (primary N) is 1. The van der Waals surface area contributed by atoms with Crippen LogP contribution in [0.1, 0.15) is 61.7 Å². The Bertz CT molecular complexity index is 436. The summed E-state index contributed by atoms with van der Waals surface area (Å²) < 4.78 is 2.02. The van der Waals surface area contributed by atoms with Gasteiger partial charge in [0.25, 0.3) is 5.91 Å². The summed E-state index contributed by atoms with van der Waals surface area (Å²) >= 11 is 0. The summed E-state index contributed by atoms with van der Waals surface area (Å²) in [6, 6.07) is 0.436. The average molecular weight is 221 g/mol. The van der Waals surface area contributed by atoms with Crippen LogP contribution in [0.4, 0.5) is 0 Å². The van der Waals surface area contributed by atoms with Gasteiger partial charge in [-0.2, -0.15) is 0 Å². The zero-order chi connectivity index (χ0) is 12.1. The number of imidazole rings is 1. The van der Waals surface area contributed by atoms with Gasteiger partial charge in [-0.1, -0.05) is 20.8 Å². The van der Waals surface area contributed by atoms with E-state index in [1.807, 2.05) is 11.5 Å². The summed E-state index contributed by atoms with van der Waals surface area (Å²) in [6.07, 6.45) is 2.25. The van der Waals surface area contributed by atoms with E-state index in [1.165, 1.54) is 0 Å². The second-order valence-corrected chi connectivity index (χ2v) is 5.58. The lowest BCUT2D eigenvalue weighted by Gasteiger charge is -2.17. The van der Waals surface area contributed by atoms with Crippen LogP contribution in [0.2, 0.25) is 0 Å². The highest BCUT2D eigenvalue weighted by Gasteiger charge is 2.33. The standard InChI is InChI=1S/C12H19N3O/c1-7-9(12(2,3)4)14-11(10(13)16)15(7)8-5-6-8/h8H,5-6H2,1-4H3,(H2,13,16). The second-order valence-electron chi connectivity index (χ2n) is 5.58. The lowest BCUT2D eigenvalue weighted by atomic mass is 9.91. The van der Waals surface area contributed by atoms with Crippen molar-refractivity contribution in [2.24, 2.45) is 5.73 Å². The van der Waals surface area contributed by atoms with E-state index in [1.54, 1.807) is 0 Å². The summed E-state index contributed by atoms with van der Waals surface area (Å²) in [6.45, 7) is 8.33. The molecule has 1 heterocycles. The van der Waals surface area contributed by atoms with E-state index in [9.17, 15) is 4.79 Å². The number of rotatable bonds is 2. The normalized spacial score (nSPS) is 16.5. The molecule has 0 aromatic carbocycles. The Morgan fingerprint density at radius 2 is 2.00 bits per heavy atom. The summed E-state index contributed by atoms with van der Waals surface area (Å²) in [5.74, 6) is -0.00424. The molecule has 1 amide bonds. The second kappa shape index (κ2) is 3.34. The zero-order valence-corrected chi connectivity index (χ0v) is 10.4. The van der Waals surface area contributed by atoms with Crippen LogP contribution >= 0.6 is 0 Å². The molecule has 1 aliphatic carbocycles. The number of hydrogen-bond donors (Lipinski definition) is 1. The highest BCUT2D eigenvalue weighted by Crippen LogP contribution is 2.39. The van der Waals surface area contributed by atoms with Crippen molar-refractivity contribution in [2.45, 2.75) is 52.0 Å². The predicted octanol–water partition coefficient (Wildman–Crippen LogP) is 1.92. The van der Waals surface area contributed by atoms with Crippen molar-refractivity contribution in [1.82, 2.24) is 9.55 Å². The monoisotopic (exact) mass is 221 g/mol. The highest BCUT2D eigenvalue weighted by atomic mass is 16.1. The molecule has 1 aromatic rings. The Morgan fingerprint density at radius 1 is 1.44 bits per heavy atom. The molecule has 0 aliphatic heterocycles. The van der Waals surface area contributed by atoms with E-state index in [0.717, 1.165) is 24.2 Å². The van der Waals surface area contributed by atoms with Gasteiger partial charge in [-0.05, 0) is 19.8 Å². The van der Waals surface area contributed by atoms with Crippen LogP contribution in [0, 0.1) is 6.92 Å². The van der Waals surface area contributed by atoms with E-state index in [4.69, 9.17) is 5.73 Å². The fourth-order valence-corrected chi connectivity index (χ4v) is 2.18. The SMILES string of the molecule is Cc1c(C(C)(C)C)nc(C(N)=O)n1C1CC1. The third-order valence-electron chi connectivity index (χ3n) is 2.99. The van der Waals surface area contributed by atoms with Crippen LogP contribution in [-0.2, 0) is 5.41 Å². The first-order valence-corrected chi connectivity index (χ1v) is 5.71. The number of carbonyl (C=O) groups excluding carboxylic acids is 1. The van der Waals surface area contributed by atoms with Crippen LogP contribution in [0.3, 0.4) is 0 Å². The third kappa shape index (κ3) is 1.72. The van der Waals surface area contributed by atoms with Gasteiger partial charge in [-0.15, -0.1) is 0 Å². The van der Waals surface area contributed by atoms with Crippen LogP contribution < -0.4 is 5.73 Å². The molecule has 0 unspecified atom stereocenters. The minimum Gasteiger partial charge on any atom is -0.363 e. The van der Waals surface area contributed by atoms with Gasteiger partial charge in [0.1, 0.15) is 0 Å². The summed E-state index contributed by atoms with van der Waals surface area (Å²) in [5.41, 5.74) is 7.40. The van der Waals surface area contributed by atoms with Crippen molar-refractivity contribution in [2.75, 3.05) is 0 Å². The first-order valence-electron chi connectivity index (χ1n) is 5.71. The van der Waals surface area contributed by atoms with Crippen molar-refractivity contribution in [1.29, 1.82) is 0 Å². The topological polar surface area (TPSA) is 60.9 Å². The van der Waals surface area contributed by atoms with E-state index in [-0.39, 0.29) is 5.41 Å². The molecule has 16 heavy (non-hydrogen) atoms. The molecule has 1 aromatic heterocycles.